The molecule has 27 heavy (non-hydrogen) atoms. The van der Waals surface area contributed by atoms with E-state index in [0.717, 1.165) is 36.8 Å². The van der Waals surface area contributed by atoms with Crippen LogP contribution in [0.4, 0.5) is 5.82 Å². The van der Waals surface area contributed by atoms with E-state index in [0.29, 0.717) is 38.7 Å². The molecule has 1 amide bonds. The molecule has 2 rings (SSSR count). The van der Waals surface area contributed by atoms with E-state index >= 15 is 0 Å². The second kappa shape index (κ2) is 10.3. The molecule has 8 nitrogen and oxygen atoms in total. The molecule has 1 aromatic heterocycles. The number of carbonyl (C=O) groups is 1. The number of ether oxygens (including phenoxy) is 1. The zero-order chi connectivity index (χ0) is 19.8. The van der Waals surface area contributed by atoms with Crippen molar-refractivity contribution in [1.29, 1.82) is 0 Å². The highest BCUT2D eigenvalue weighted by Crippen LogP contribution is 2.22. The molecular weight excluding hydrogens is 348 g/mol. The van der Waals surface area contributed by atoms with E-state index in [4.69, 9.17) is 4.74 Å². The van der Waals surface area contributed by atoms with Crippen LogP contribution in [-0.2, 0) is 23.1 Å². The van der Waals surface area contributed by atoms with E-state index in [1.807, 2.05) is 18.7 Å². The third kappa shape index (κ3) is 5.45. The fourth-order valence-electron chi connectivity index (χ4n) is 3.43. The molecule has 152 valence electrons. The monoisotopic (exact) mass is 380 g/mol. The zero-order valence-electron chi connectivity index (χ0n) is 16.7. The van der Waals surface area contributed by atoms with Crippen molar-refractivity contribution in [2.45, 2.75) is 46.1 Å². The molecule has 1 N–H and O–H groups in total. The van der Waals surface area contributed by atoms with Crippen molar-refractivity contribution in [3.8, 4) is 0 Å². The van der Waals surface area contributed by atoms with E-state index in [-0.39, 0.29) is 23.1 Å². The summed E-state index contributed by atoms with van der Waals surface area (Å²) in [5.74, 6) is 0.517. The maximum absolute atomic E-state index is 12.5. The molecule has 0 radical (unpaired) electrons. The van der Waals surface area contributed by atoms with Gasteiger partial charge < -0.3 is 15.0 Å². The summed E-state index contributed by atoms with van der Waals surface area (Å²) in [5.41, 5.74) is -0.619. The molecule has 1 aliphatic heterocycles. The lowest BCUT2D eigenvalue weighted by molar-refractivity contribution is -0.125. The van der Waals surface area contributed by atoms with Gasteiger partial charge in [0.05, 0.1) is 5.92 Å². The van der Waals surface area contributed by atoms with Gasteiger partial charge >= 0.3 is 5.69 Å². The predicted octanol–water partition coefficient (Wildman–Crippen LogP) is 0.716. The highest BCUT2D eigenvalue weighted by Gasteiger charge is 2.27. The number of rotatable bonds is 9. The quantitative estimate of drug-likeness (QED) is 0.638. The van der Waals surface area contributed by atoms with Gasteiger partial charge in [-0.1, -0.05) is 6.92 Å². The molecule has 1 aromatic rings. The lowest BCUT2D eigenvalue weighted by atomic mass is 9.97. The number of aromatic nitrogens is 2. The molecule has 0 saturated carbocycles. The molecule has 2 heterocycles. The summed E-state index contributed by atoms with van der Waals surface area (Å²) in [5, 5.41) is 2.97. The summed E-state index contributed by atoms with van der Waals surface area (Å²) in [6.45, 7) is 7.68. The van der Waals surface area contributed by atoms with E-state index in [2.05, 4.69) is 5.32 Å². The summed E-state index contributed by atoms with van der Waals surface area (Å²) in [6.07, 6.45) is 3.26. The number of piperidine rings is 1. The van der Waals surface area contributed by atoms with Gasteiger partial charge in [0.1, 0.15) is 5.82 Å². The molecular formula is C19H32N4O4. The highest BCUT2D eigenvalue weighted by atomic mass is 16.5. The maximum atomic E-state index is 12.5. The molecule has 1 fully saturated rings. The van der Waals surface area contributed by atoms with Gasteiger partial charge in [-0.3, -0.25) is 18.7 Å². The van der Waals surface area contributed by atoms with Gasteiger partial charge in [0.2, 0.25) is 5.91 Å². The lowest BCUT2D eigenvalue weighted by Gasteiger charge is -2.34. The molecule has 1 aliphatic rings. The van der Waals surface area contributed by atoms with Crippen molar-refractivity contribution in [1.82, 2.24) is 14.5 Å². The van der Waals surface area contributed by atoms with E-state index < -0.39 is 0 Å². The molecule has 8 heteroatoms. The first-order chi connectivity index (χ1) is 13.0. The topological polar surface area (TPSA) is 85.6 Å². The summed E-state index contributed by atoms with van der Waals surface area (Å²) < 4.78 is 8.05. The molecule has 0 aromatic carbocycles. The predicted molar refractivity (Wildman–Crippen MR) is 105 cm³/mol. The average molecular weight is 380 g/mol. The van der Waals surface area contributed by atoms with Gasteiger partial charge in [-0.15, -0.1) is 0 Å². The first-order valence-corrected chi connectivity index (χ1v) is 9.90. The first-order valence-electron chi connectivity index (χ1n) is 9.90. The standard InChI is InChI=1S/C19H32N4O4/c1-4-10-23-16(13-17(24)21(3)19(23)26)22-11-6-8-15(14-22)18(25)20-9-7-12-27-5-2/h13,15H,4-12,14H2,1-3H3,(H,20,25). The fourth-order valence-corrected chi connectivity index (χ4v) is 3.43. The van der Waals surface area contributed by atoms with Crippen LogP contribution < -0.4 is 21.5 Å². The van der Waals surface area contributed by atoms with Crippen LogP contribution >= 0.6 is 0 Å². The van der Waals surface area contributed by atoms with Crippen LogP contribution in [0.15, 0.2) is 15.7 Å². The van der Waals surface area contributed by atoms with Crippen molar-refractivity contribution in [3.05, 3.63) is 26.9 Å². The van der Waals surface area contributed by atoms with Crippen molar-refractivity contribution in [2.75, 3.05) is 37.7 Å². The van der Waals surface area contributed by atoms with Crippen LogP contribution in [0.3, 0.4) is 0 Å². The molecule has 1 saturated heterocycles. The molecule has 1 atom stereocenters. The van der Waals surface area contributed by atoms with Gasteiger partial charge in [-0.05, 0) is 32.6 Å². The second-order valence-electron chi connectivity index (χ2n) is 6.96. The van der Waals surface area contributed by atoms with Gasteiger partial charge in [0, 0.05) is 52.5 Å². The van der Waals surface area contributed by atoms with Crippen molar-refractivity contribution in [3.63, 3.8) is 0 Å². The number of anilines is 1. The molecule has 0 spiro atoms. The Morgan fingerprint density at radius 3 is 2.81 bits per heavy atom. The second-order valence-corrected chi connectivity index (χ2v) is 6.96. The summed E-state index contributed by atoms with van der Waals surface area (Å²) in [4.78, 5) is 39.1. The molecule has 1 unspecified atom stereocenters. The maximum Gasteiger partial charge on any atom is 0.332 e. The van der Waals surface area contributed by atoms with Crippen LogP contribution in [0, 0.1) is 5.92 Å². The minimum atomic E-state index is -0.315. The Bertz CT molecular complexity index is 740. The Morgan fingerprint density at radius 1 is 1.33 bits per heavy atom. The summed E-state index contributed by atoms with van der Waals surface area (Å²) >= 11 is 0. The SMILES string of the molecule is CCCn1c(N2CCCC(C(=O)NCCCOCC)C2)cc(=O)n(C)c1=O. The number of hydrogen-bond acceptors (Lipinski definition) is 5. The number of nitrogens with one attached hydrogen (secondary N) is 1. The Hall–Kier alpha value is -2.09. The van der Waals surface area contributed by atoms with Gasteiger partial charge in [-0.2, -0.15) is 0 Å². The van der Waals surface area contributed by atoms with Crippen molar-refractivity contribution < 1.29 is 9.53 Å². The number of amides is 1. The lowest BCUT2D eigenvalue weighted by Crippen LogP contribution is -2.47. The largest absolute Gasteiger partial charge is 0.382 e. The Kier molecular flexibility index (Phi) is 8.09. The minimum Gasteiger partial charge on any atom is -0.382 e. The van der Waals surface area contributed by atoms with Gasteiger partial charge in [0.25, 0.3) is 5.56 Å². The minimum absolute atomic E-state index is 0.0319. The van der Waals surface area contributed by atoms with Crippen molar-refractivity contribution in [2.24, 2.45) is 13.0 Å². The smallest absolute Gasteiger partial charge is 0.332 e. The van der Waals surface area contributed by atoms with Crippen LogP contribution in [0.25, 0.3) is 0 Å². The Labute approximate surface area is 160 Å². The van der Waals surface area contributed by atoms with Gasteiger partial charge in [0.15, 0.2) is 0 Å². The Morgan fingerprint density at radius 2 is 2.11 bits per heavy atom. The summed E-state index contributed by atoms with van der Waals surface area (Å²) in [6, 6.07) is 1.51. The highest BCUT2D eigenvalue weighted by molar-refractivity contribution is 5.79. The zero-order valence-corrected chi connectivity index (χ0v) is 16.7. The fraction of sp³-hybridized carbons (Fsp3) is 0.737. The van der Waals surface area contributed by atoms with E-state index in [1.165, 1.54) is 13.1 Å². The molecule has 0 aliphatic carbocycles. The Balaban J connectivity index is 2.08. The number of hydrogen-bond donors (Lipinski definition) is 1. The van der Waals surface area contributed by atoms with Crippen LogP contribution in [0.1, 0.15) is 39.5 Å². The van der Waals surface area contributed by atoms with Crippen LogP contribution in [0.2, 0.25) is 0 Å². The third-order valence-electron chi connectivity index (χ3n) is 4.91. The third-order valence-corrected chi connectivity index (χ3v) is 4.91. The van der Waals surface area contributed by atoms with E-state index in [1.54, 1.807) is 4.57 Å². The normalized spacial score (nSPS) is 17.1. The van der Waals surface area contributed by atoms with Crippen LogP contribution in [0.5, 0.6) is 0 Å². The molecule has 0 bridgehead atoms. The van der Waals surface area contributed by atoms with Crippen LogP contribution in [-0.4, -0.2) is 47.9 Å². The first kappa shape index (κ1) is 21.2. The van der Waals surface area contributed by atoms with Gasteiger partial charge in [-0.25, -0.2) is 4.79 Å². The number of carbonyl (C=O) groups excluding carboxylic acids is 1. The van der Waals surface area contributed by atoms with E-state index in [9.17, 15) is 14.4 Å². The summed E-state index contributed by atoms with van der Waals surface area (Å²) in [7, 11) is 1.50. The van der Waals surface area contributed by atoms with Crippen molar-refractivity contribution >= 4 is 11.7 Å². The average Bonchev–Trinajstić information content (AvgIpc) is 2.68. The number of nitrogens with zero attached hydrogens (tertiary/aromatic N) is 3.